The van der Waals surface area contributed by atoms with Crippen molar-refractivity contribution >= 4 is 17.5 Å². The monoisotopic (exact) mass is 308 g/mol. The first-order valence-corrected chi connectivity index (χ1v) is 6.90. The number of halogens is 1. The number of hydrogen-bond donors (Lipinski definition) is 1. The van der Waals surface area contributed by atoms with E-state index in [1.165, 1.54) is 4.90 Å². The molecule has 2 aromatic rings. The van der Waals surface area contributed by atoms with Crippen molar-refractivity contribution in [1.82, 2.24) is 4.90 Å². The van der Waals surface area contributed by atoms with Crippen molar-refractivity contribution in [2.75, 3.05) is 20.2 Å². The van der Waals surface area contributed by atoms with Gasteiger partial charge in [-0.1, -0.05) is 11.6 Å². The fraction of sp³-hybridized carbons (Fsp3) is 0.267. The standard InChI is InChI=1S/C15H17ClN2O3/c1-18(15(19)14-7-6-13(10-17)21-14)8-9-20-12-4-2-11(16)3-5-12/h2-7H,8-10,17H2,1H3. The largest absolute Gasteiger partial charge is 0.492 e. The smallest absolute Gasteiger partial charge is 0.289 e. The highest BCUT2D eigenvalue weighted by Gasteiger charge is 2.15. The summed E-state index contributed by atoms with van der Waals surface area (Å²) in [5.74, 6) is 1.38. The molecule has 112 valence electrons. The van der Waals surface area contributed by atoms with Crippen molar-refractivity contribution in [2.24, 2.45) is 5.73 Å². The van der Waals surface area contributed by atoms with E-state index in [1.807, 2.05) is 0 Å². The van der Waals surface area contributed by atoms with E-state index in [0.29, 0.717) is 29.7 Å². The summed E-state index contributed by atoms with van der Waals surface area (Å²) in [6.07, 6.45) is 0. The lowest BCUT2D eigenvalue weighted by Gasteiger charge is -2.16. The lowest BCUT2D eigenvalue weighted by molar-refractivity contribution is 0.0740. The number of rotatable bonds is 6. The molecular formula is C15H17ClN2O3. The van der Waals surface area contributed by atoms with Crippen LogP contribution in [0.1, 0.15) is 16.3 Å². The second-order valence-electron chi connectivity index (χ2n) is 4.50. The fourth-order valence-corrected chi connectivity index (χ4v) is 1.85. The summed E-state index contributed by atoms with van der Waals surface area (Å²) in [6, 6.07) is 10.4. The molecule has 0 bridgehead atoms. The molecule has 6 heteroatoms. The Morgan fingerprint density at radius 3 is 2.62 bits per heavy atom. The van der Waals surface area contributed by atoms with Crippen molar-refractivity contribution in [1.29, 1.82) is 0 Å². The van der Waals surface area contributed by atoms with Gasteiger partial charge in [0, 0.05) is 12.1 Å². The predicted molar refractivity (Wildman–Crippen MR) is 80.5 cm³/mol. The average molecular weight is 309 g/mol. The molecule has 2 rings (SSSR count). The third-order valence-electron chi connectivity index (χ3n) is 2.93. The summed E-state index contributed by atoms with van der Waals surface area (Å²) in [5.41, 5.74) is 5.45. The van der Waals surface area contributed by atoms with Crippen molar-refractivity contribution < 1.29 is 13.9 Å². The average Bonchev–Trinajstić information content (AvgIpc) is 2.97. The molecule has 0 aliphatic heterocycles. The number of amides is 1. The molecular weight excluding hydrogens is 292 g/mol. The summed E-state index contributed by atoms with van der Waals surface area (Å²) in [5, 5.41) is 0.656. The molecule has 0 radical (unpaired) electrons. The van der Waals surface area contributed by atoms with Crippen LogP contribution in [0.4, 0.5) is 0 Å². The number of benzene rings is 1. The Morgan fingerprint density at radius 2 is 2.00 bits per heavy atom. The Morgan fingerprint density at radius 1 is 1.29 bits per heavy atom. The van der Waals surface area contributed by atoms with Gasteiger partial charge in [-0.3, -0.25) is 4.79 Å². The van der Waals surface area contributed by atoms with Crippen LogP contribution in [-0.2, 0) is 6.54 Å². The highest BCUT2D eigenvalue weighted by molar-refractivity contribution is 6.30. The van der Waals surface area contributed by atoms with Gasteiger partial charge < -0.3 is 19.8 Å². The van der Waals surface area contributed by atoms with Crippen molar-refractivity contribution in [3.05, 3.63) is 52.9 Å². The molecule has 2 N–H and O–H groups in total. The zero-order valence-electron chi connectivity index (χ0n) is 11.7. The van der Waals surface area contributed by atoms with Gasteiger partial charge in [0.15, 0.2) is 5.76 Å². The molecule has 0 atom stereocenters. The lowest BCUT2D eigenvalue weighted by Crippen LogP contribution is -2.30. The van der Waals surface area contributed by atoms with Gasteiger partial charge in [0.1, 0.15) is 18.1 Å². The fourth-order valence-electron chi connectivity index (χ4n) is 1.72. The van der Waals surface area contributed by atoms with Crippen LogP contribution in [0.15, 0.2) is 40.8 Å². The molecule has 5 nitrogen and oxygen atoms in total. The Balaban J connectivity index is 1.82. The van der Waals surface area contributed by atoms with E-state index in [1.54, 1.807) is 43.4 Å². The normalized spacial score (nSPS) is 10.4. The number of hydrogen-bond acceptors (Lipinski definition) is 4. The predicted octanol–water partition coefficient (Wildman–Crippen LogP) is 2.54. The van der Waals surface area contributed by atoms with Gasteiger partial charge in [-0.15, -0.1) is 0 Å². The van der Waals surface area contributed by atoms with Crippen LogP contribution in [0.2, 0.25) is 5.02 Å². The van der Waals surface area contributed by atoms with E-state index in [2.05, 4.69) is 0 Å². The molecule has 1 aromatic heterocycles. The molecule has 0 unspecified atom stereocenters. The first-order chi connectivity index (χ1) is 10.1. The minimum absolute atomic E-state index is 0.200. The maximum atomic E-state index is 12.1. The molecule has 0 fully saturated rings. The summed E-state index contributed by atoms with van der Waals surface area (Å²) >= 11 is 5.79. The van der Waals surface area contributed by atoms with Crippen LogP contribution < -0.4 is 10.5 Å². The van der Waals surface area contributed by atoms with Crippen LogP contribution in [0.25, 0.3) is 0 Å². The molecule has 0 aliphatic rings. The highest BCUT2D eigenvalue weighted by atomic mass is 35.5. The molecule has 1 amide bonds. The van der Waals surface area contributed by atoms with Crippen molar-refractivity contribution in [2.45, 2.75) is 6.54 Å². The summed E-state index contributed by atoms with van der Waals surface area (Å²) < 4.78 is 10.9. The van der Waals surface area contributed by atoms with Crippen molar-refractivity contribution in [3.8, 4) is 5.75 Å². The van der Waals surface area contributed by atoms with Gasteiger partial charge in [-0.05, 0) is 36.4 Å². The number of furan rings is 1. The van der Waals surface area contributed by atoms with Gasteiger partial charge in [-0.25, -0.2) is 0 Å². The van der Waals surface area contributed by atoms with Crippen LogP contribution in [-0.4, -0.2) is 31.0 Å². The number of carbonyl (C=O) groups excluding carboxylic acids is 1. The first kappa shape index (κ1) is 15.4. The second kappa shape index (κ2) is 7.15. The number of nitrogens with two attached hydrogens (primary N) is 1. The lowest BCUT2D eigenvalue weighted by atomic mass is 10.3. The summed E-state index contributed by atoms with van der Waals surface area (Å²) in [7, 11) is 1.69. The van der Waals surface area contributed by atoms with Crippen LogP contribution >= 0.6 is 11.6 Å². The van der Waals surface area contributed by atoms with E-state index < -0.39 is 0 Å². The maximum absolute atomic E-state index is 12.1. The van der Waals surface area contributed by atoms with Crippen LogP contribution in [0.3, 0.4) is 0 Å². The Kier molecular flexibility index (Phi) is 5.25. The van der Waals surface area contributed by atoms with Crippen LogP contribution in [0, 0.1) is 0 Å². The van der Waals surface area contributed by atoms with E-state index in [4.69, 9.17) is 26.5 Å². The molecule has 1 heterocycles. The van der Waals surface area contributed by atoms with E-state index in [9.17, 15) is 4.79 Å². The molecule has 0 saturated heterocycles. The number of nitrogens with zero attached hydrogens (tertiary/aromatic N) is 1. The zero-order chi connectivity index (χ0) is 15.2. The molecule has 21 heavy (non-hydrogen) atoms. The number of likely N-dealkylation sites (N-methyl/N-ethyl adjacent to an activating group) is 1. The third kappa shape index (κ3) is 4.24. The minimum Gasteiger partial charge on any atom is -0.492 e. The Hall–Kier alpha value is -1.98. The second-order valence-corrected chi connectivity index (χ2v) is 4.94. The molecule has 1 aromatic carbocycles. The van der Waals surface area contributed by atoms with Crippen LogP contribution in [0.5, 0.6) is 5.75 Å². The molecule has 0 saturated carbocycles. The van der Waals surface area contributed by atoms with Gasteiger partial charge in [0.2, 0.25) is 0 Å². The summed E-state index contributed by atoms with van der Waals surface area (Å²) in [6.45, 7) is 1.10. The SMILES string of the molecule is CN(CCOc1ccc(Cl)cc1)C(=O)c1ccc(CN)o1. The Bertz CT molecular complexity index is 595. The third-order valence-corrected chi connectivity index (χ3v) is 3.18. The number of carbonyl (C=O) groups is 1. The minimum atomic E-state index is -0.200. The topological polar surface area (TPSA) is 68.7 Å². The highest BCUT2D eigenvalue weighted by Crippen LogP contribution is 2.15. The molecule has 0 spiro atoms. The first-order valence-electron chi connectivity index (χ1n) is 6.53. The van der Waals surface area contributed by atoms with E-state index >= 15 is 0 Å². The van der Waals surface area contributed by atoms with Gasteiger partial charge >= 0.3 is 0 Å². The van der Waals surface area contributed by atoms with Gasteiger partial charge in [-0.2, -0.15) is 0 Å². The Labute approximate surface area is 128 Å². The van der Waals surface area contributed by atoms with Gasteiger partial charge in [0.05, 0.1) is 13.1 Å². The number of ether oxygens (including phenoxy) is 1. The van der Waals surface area contributed by atoms with Gasteiger partial charge in [0.25, 0.3) is 5.91 Å². The van der Waals surface area contributed by atoms with Crippen molar-refractivity contribution in [3.63, 3.8) is 0 Å². The maximum Gasteiger partial charge on any atom is 0.289 e. The quantitative estimate of drug-likeness (QED) is 0.890. The molecule has 0 aliphatic carbocycles. The van der Waals surface area contributed by atoms with E-state index in [0.717, 1.165) is 0 Å². The summed E-state index contributed by atoms with van der Waals surface area (Å²) in [4.78, 5) is 13.6. The van der Waals surface area contributed by atoms with E-state index in [-0.39, 0.29) is 18.2 Å². The zero-order valence-corrected chi connectivity index (χ0v) is 12.5.